The molecule has 25 heavy (non-hydrogen) atoms. The Labute approximate surface area is 158 Å². The fraction of sp³-hybridized carbons (Fsp3) is 0.167. The first-order chi connectivity index (χ1) is 12.2. The van der Waals surface area contributed by atoms with Crippen LogP contribution in [-0.4, -0.2) is 35.1 Å². The third-order valence-corrected chi connectivity index (χ3v) is 5.06. The highest BCUT2D eigenvalue weighted by molar-refractivity contribution is 9.10. The number of amidine groups is 1. The van der Waals surface area contributed by atoms with Crippen LogP contribution in [0.15, 0.2) is 63.2 Å². The summed E-state index contributed by atoms with van der Waals surface area (Å²) in [4.78, 5) is 13.8. The van der Waals surface area contributed by atoms with Crippen molar-refractivity contribution in [2.45, 2.75) is 6.54 Å². The molecule has 0 unspecified atom stereocenters. The van der Waals surface area contributed by atoms with E-state index in [2.05, 4.69) is 26.1 Å². The van der Waals surface area contributed by atoms with E-state index >= 15 is 0 Å². The molecule has 1 amide bonds. The second-order valence-corrected chi connectivity index (χ2v) is 7.15. The number of carbonyl (C=O) groups is 1. The Bertz CT molecular complexity index is 804. The Morgan fingerprint density at radius 3 is 2.60 bits per heavy atom. The van der Waals surface area contributed by atoms with E-state index in [1.165, 1.54) is 11.8 Å². The minimum atomic E-state index is 0.0402. The van der Waals surface area contributed by atoms with Crippen molar-refractivity contribution in [1.29, 1.82) is 0 Å². The lowest BCUT2D eigenvalue weighted by Gasteiger charge is -2.15. The first kappa shape index (κ1) is 17.7. The van der Waals surface area contributed by atoms with Crippen molar-refractivity contribution in [3.63, 3.8) is 0 Å². The van der Waals surface area contributed by atoms with Crippen LogP contribution >= 0.6 is 27.7 Å². The third kappa shape index (κ3) is 4.70. The van der Waals surface area contributed by atoms with E-state index < -0.39 is 0 Å². The molecular formula is C18H16BrN3O2S. The molecule has 1 aliphatic rings. The fourth-order valence-corrected chi connectivity index (χ4v) is 3.33. The maximum atomic E-state index is 12.1. The SMILES string of the molecule is COc1ccc(CN2C(=O)CS/C2=N/N=C\c2ccc(Br)cc2)cc1. The van der Waals surface area contributed by atoms with Crippen molar-refractivity contribution in [3.05, 3.63) is 64.1 Å². The molecule has 1 saturated heterocycles. The molecule has 7 heteroatoms. The van der Waals surface area contributed by atoms with Gasteiger partial charge in [-0.25, -0.2) is 0 Å². The van der Waals surface area contributed by atoms with E-state index in [9.17, 15) is 4.79 Å². The smallest absolute Gasteiger partial charge is 0.239 e. The van der Waals surface area contributed by atoms with Gasteiger partial charge in [0.05, 0.1) is 25.6 Å². The molecule has 5 nitrogen and oxygen atoms in total. The highest BCUT2D eigenvalue weighted by Gasteiger charge is 2.28. The number of carbonyl (C=O) groups excluding carboxylic acids is 1. The van der Waals surface area contributed by atoms with Gasteiger partial charge in [-0.2, -0.15) is 5.10 Å². The largest absolute Gasteiger partial charge is 0.497 e. The van der Waals surface area contributed by atoms with Crippen LogP contribution in [0.25, 0.3) is 0 Å². The van der Waals surface area contributed by atoms with Crippen molar-refractivity contribution in [2.24, 2.45) is 10.2 Å². The van der Waals surface area contributed by atoms with Gasteiger partial charge in [-0.1, -0.05) is 52.0 Å². The molecule has 1 aliphatic heterocycles. The molecule has 0 aliphatic carbocycles. The average molecular weight is 418 g/mol. The van der Waals surface area contributed by atoms with Crippen molar-refractivity contribution in [1.82, 2.24) is 4.90 Å². The van der Waals surface area contributed by atoms with Gasteiger partial charge in [-0.15, -0.1) is 5.10 Å². The molecule has 0 atom stereocenters. The molecule has 3 rings (SSSR count). The van der Waals surface area contributed by atoms with Crippen LogP contribution in [0.4, 0.5) is 0 Å². The van der Waals surface area contributed by atoms with Crippen LogP contribution in [0.1, 0.15) is 11.1 Å². The van der Waals surface area contributed by atoms with Crippen LogP contribution in [0.3, 0.4) is 0 Å². The second kappa shape index (κ2) is 8.31. The first-order valence-corrected chi connectivity index (χ1v) is 9.36. The van der Waals surface area contributed by atoms with Crippen LogP contribution in [-0.2, 0) is 11.3 Å². The number of ether oxygens (including phenoxy) is 1. The van der Waals surface area contributed by atoms with Gasteiger partial charge < -0.3 is 4.74 Å². The molecule has 0 bridgehead atoms. The molecule has 2 aromatic carbocycles. The zero-order chi connectivity index (χ0) is 17.6. The van der Waals surface area contributed by atoms with Gasteiger partial charge in [0.2, 0.25) is 5.91 Å². The molecule has 0 radical (unpaired) electrons. The Kier molecular flexibility index (Phi) is 5.88. The van der Waals surface area contributed by atoms with E-state index in [0.717, 1.165) is 21.3 Å². The number of hydrogen-bond acceptors (Lipinski definition) is 5. The summed E-state index contributed by atoms with van der Waals surface area (Å²) in [6, 6.07) is 15.4. The predicted molar refractivity (Wildman–Crippen MR) is 105 cm³/mol. The number of halogens is 1. The highest BCUT2D eigenvalue weighted by atomic mass is 79.9. The summed E-state index contributed by atoms with van der Waals surface area (Å²) >= 11 is 4.80. The lowest BCUT2D eigenvalue weighted by molar-refractivity contribution is -0.124. The van der Waals surface area contributed by atoms with E-state index in [1.807, 2.05) is 48.5 Å². The fourth-order valence-electron chi connectivity index (χ4n) is 2.23. The number of amides is 1. The van der Waals surface area contributed by atoms with Crippen LogP contribution in [0, 0.1) is 0 Å². The molecule has 1 fully saturated rings. The zero-order valence-corrected chi connectivity index (χ0v) is 16.0. The minimum Gasteiger partial charge on any atom is -0.497 e. The van der Waals surface area contributed by atoms with E-state index in [1.54, 1.807) is 18.2 Å². The number of benzene rings is 2. The number of rotatable bonds is 5. The van der Waals surface area contributed by atoms with E-state index in [-0.39, 0.29) is 5.91 Å². The maximum absolute atomic E-state index is 12.1. The third-order valence-electron chi connectivity index (χ3n) is 3.58. The molecular weight excluding hydrogens is 402 g/mol. The second-order valence-electron chi connectivity index (χ2n) is 5.30. The molecule has 128 valence electrons. The van der Waals surface area contributed by atoms with Gasteiger partial charge in [0.25, 0.3) is 0 Å². The van der Waals surface area contributed by atoms with Crippen LogP contribution in [0.2, 0.25) is 0 Å². The van der Waals surface area contributed by atoms with Gasteiger partial charge in [-0.3, -0.25) is 9.69 Å². The Balaban J connectivity index is 1.70. The molecule has 1 heterocycles. The van der Waals surface area contributed by atoms with E-state index in [0.29, 0.717) is 17.5 Å². The molecule has 0 aromatic heterocycles. The predicted octanol–water partition coefficient (Wildman–Crippen LogP) is 3.92. The van der Waals surface area contributed by atoms with Crippen molar-refractivity contribution >= 4 is 45.0 Å². The van der Waals surface area contributed by atoms with Crippen molar-refractivity contribution in [2.75, 3.05) is 12.9 Å². The lowest BCUT2D eigenvalue weighted by atomic mass is 10.2. The number of methoxy groups -OCH3 is 1. The number of thioether (sulfide) groups is 1. The Hall–Kier alpha value is -2.12. The first-order valence-electron chi connectivity index (χ1n) is 7.58. The summed E-state index contributed by atoms with van der Waals surface area (Å²) in [5, 5.41) is 8.96. The Morgan fingerprint density at radius 2 is 1.92 bits per heavy atom. The average Bonchev–Trinajstić information content (AvgIpc) is 2.97. The molecule has 2 aromatic rings. The lowest BCUT2D eigenvalue weighted by Crippen LogP contribution is -2.28. The van der Waals surface area contributed by atoms with E-state index in [4.69, 9.17) is 4.74 Å². The topological polar surface area (TPSA) is 54.3 Å². The normalized spacial score (nSPS) is 16.2. The van der Waals surface area contributed by atoms with Crippen molar-refractivity contribution < 1.29 is 9.53 Å². The number of hydrogen-bond donors (Lipinski definition) is 0. The van der Waals surface area contributed by atoms with Gasteiger partial charge in [0, 0.05) is 4.47 Å². The van der Waals surface area contributed by atoms with Crippen LogP contribution < -0.4 is 4.74 Å². The maximum Gasteiger partial charge on any atom is 0.239 e. The summed E-state index contributed by atoms with van der Waals surface area (Å²) in [5.74, 6) is 1.22. The van der Waals surface area contributed by atoms with Gasteiger partial charge in [-0.05, 0) is 35.4 Å². The van der Waals surface area contributed by atoms with Gasteiger partial charge in [0.15, 0.2) is 5.17 Å². The van der Waals surface area contributed by atoms with Gasteiger partial charge in [0.1, 0.15) is 5.75 Å². The van der Waals surface area contributed by atoms with Crippen molar-refractivity contribution in [3.8, 4) is 5.75 Å². The number of nitrogens with zero attached hydrogens (tertiary/aromatic N) is 3. The minimum absolute atomic E-state index is 0.0402. The van der Waals surface area contributed by atoms with Crippen LogP contribution in [0.5, 0.6) is 5.75 Å². The Morgan fingerprint density at radius 1 is 1.20 bits per heavy atom. The summed E-state index contributed by atoms with van der Waals surface area (Å²) in [7, 11) is 1.63. The standard InChI is InChI=1S/C18H16BrN3O2S/c1-24-16-8-4-14(5-9-16)11-22-17(23)12-25-18(22)21-20-10-13-2-6-15(19)7-3-13/h2-10H,11-12H2,1H3/b20-10-,21-18+. The summed E-state index contributed by atoms with van der Waals surface area (Å²) < 4.78 is 6.17. The monoisotopic (exact) mass is 417 g/mol. The summed E-state index contributed by atoms with van der Waals surface area (Å²) in [6.45, 7) is 0.475. The molecule has 0 spiro atoms. The van der Waals surface area contributed by atoms with Gasteiger partial charge >= 0.3 is 0 Å². The molecule has 0 saturated carbocycles. The summed E-state index contributed by atoms with van der Waals surface area (Å²) in [6.07, 6.45) is 1.67. The quantitative estimate of drug-likeness (QED) is 0.546. The zero-order valence-electron chi connectivity index (χ0n) is 13.6. The summed E-state index contributed by atoms with van der Waals surface area (Å²) in [5.41, 5.74) is 1.96. The molecule has 0 N–H and O–H groups in total. The highest BCUT2D eigenvalue weighted by Crippen LogP contribution is 2.23.